The van der Waals surface area contributed by atoms with Crippen molar-refractivity contribution in [3.63, 3.8) is 0 Å². The van der Waals surface area contributed by atoms with E-state index in [0.717, 1.165) is 0 Å². The Bertz CT molecular complexity index is 497. The van der Waals surface area contributed by atoms with E-state index in [1.165, 1.54) is 0 Å². The van der Waals surface area contributed by atoms with Gasteiger partial charge in [0.1, 0.15) is 12.2 Å². The first-order valence-corrected chi connectivity index (χ1v) is 7.89. The number of carbonyl (C=O) groups is 2. The Hall–Kier alpha value is -0.980. The van der Waals surface area contributed by atoms with Gasteiger partial charge in [-0.1, -0.05) is 6.92 Å². The van der Waals surface area contributed by atoms with Crippen LogP contribution in [-0.4, -0.2) is 42.1 Å². The minimum Gasteiger partial charge on any atom is -0.451 e. The molecule has 3 fully saturated rings. The lowest BCUT2D eigenvalue weighted by molar-refractivity contribution is -0.218. The molecule has 0 aromatic heterocycles. The van der Waals surface area contributed by atoms with E-state index in [1.807, 2.05) is 34.6 Å². The molecule has 2 aliphatic heterocycles. The summed E-state index contributed by atoms with van der Waals surface area (Å²) >= 11 is 0. The Balaban J connectivity index is 1.72. The topological polar surface area (TPSA) is 71.1 Å². The summed E-state index contributed by atoms with van der Waals surface area (Å²) in [6.07, 6.45) is -1.12. The summed E-state index contributed by atoms with van der Waals surface area (Å²) in [6.45, 7) is 9.18. The molecule has 0 aromatic carbocycles. The van der Waals surface area contributed by atoms with Crippen LogP contribution in [-0.2, 0) is 28.5 Å². The zero-order chi connectivity index (χ0) is 16.3. The molecule has 0 amide bonds. The standard InChI is InChI=1S/C16H24O6/c1-6-15(2,3)14(18)20-12-9(17)7-8-10(12)19-13-11(8)21-16(4,5)22-13/h8,10-13H,6-7H2,1-5H3. The molecule has 0 spiro atoms. The lowest BCUT2D eigenvalue weighted by Gasteiger charge is -2.26. The smallest absolute Gasteiger partial charge is 0.312 e. The van der Waals surface area contributed by atoms with Crippen LogP contribution in [0.5, 0.6) is 0 Å². The predicted molar refractivity (Wildman–Crippen MR) is 75.8 cm³/mol. The van der Waals surface area contributed by atoms with E-state index in [2.05, 4.69) is 0 Å². The van der Waals surface area contributed by atoms with Crippen molar-refractivity contribution in [3.05, 3.63) is 0 Å². The highest BCUT2D eigenvalue weighted by molar-refractivity contribution is 5.89. The maximum absolute atomic E-state index is 12.2. The van der Waals surface area contributed by atoms with Crippen LogP contribution in [0, 0.1) is 11.3 Å². The van der Waals surface area contributed by atoms with Crippen LogP contribution in [0.2, 0.25) is 0 Å². The fourth-order valence-corrected chi connectivity index (χ4v) is 3.21. The highest BCUT2D eigenvalue weighted by atomic mass is 16.8. The summed E-state index contributed by atoms with van der Waals surface area (Å²) < 4.78 is 22.8. The normalized spacial score (nSPS) is 39.7. The molecule has 3 aliphatic rings. The number of esters is 1. The van der Waals surface area contributed by atoms with Crippen LogP contribution in [0.25, 0.3) is 0 Å². The minimum atomic E-state index is -0.843. The third kappa shape index (κ3) is 2.47. The van der Waals surface area contributed by atoms with Crippen molar-refractivity contribution in [3.8, 4) is 0 Å². The van der Waals surface area contributed by atoms with E-state index in [9.17, 15) is 9.59 Å². The van der Waals surface area contributed by atoms with Crippen molar-refractivity contribution in [2.75, 3.05) is 0 Å². The summed E-state index contributed by atoms with van der Waals surface area (Å²) in [7, 11) is 0. The Morgan fingerprint density at radius 1 is 1.32 bits per heavy atom. The summed E-state index contributed by atoms with van der Waals surface area (Å²) in [5.41, 5.74) is -0.609. The molecule has 1 aliphatic carbocycles. The Labute approximate surface area is 130 Å². The Morgan fingerprint density at radius 3 is 2.64 bits per heavy atom. The minimum absolute atomic E-state index is 0.0954. The first-order chi connectivity index (χ1) is 10.1. The SMILES string of the molecule is CCC(C)(C)C(=O)OC1C(=O)CC2C3OC(C)(C)OC3OC12. The van der Waals surface area contributed by atoms with Crippen LogP contribution in [0.1, 0.15) is 47.5 Å². The fourth-order valence-electron chi connectivity index (χ4n) is 3.21. The van der Waals surface area contributed by atoms with Gasteiger partial charge in [-0.25, -0.2) is 0 Å². The summed E-state index contributed by atoms with van der Waals surface area (Å²) in [6, 6.07) is 0. The third-order valence-corrected chi connectivity index (χ3v) is 4.95. The number of ether oxygens (including phenoxy) is 4. The molecule has 0 N–H and O–H groups in total. The molecular formula is C16H24O6. The van der Waals surface area contributed by atoms with E-state index in [-0.39, 0.29) is 23.8 Å². The van der Waals surface area contributed by atoms with Gasteiger partial charge in [-0.2, -0.15) is 0 Å². The Morgan fingerprint density at radius 2 is 2.00 bits per heavy atom. The molecule has 3 rings (SSSR count). The zero-order valence-corrected chi connectivity index (χ0v) is 13.8. The van der Waals surface area contributed by atoms with Crippen LogP contribution in [0.3, 0.4) is 0 Å². The van der Waals surface area contributed by atoms with Crippen molar-refractivity contribution in [1.82, 2.24) is 0 Å². The molecule has 124 valence electrons. The molecule has 6 nitrogen and oxygen atoms in total. The average Bonchev–Trinajstić information content (AvgIpc) is 2.98. The number of carbonyl (C=O) groups excluding carboxylic acids is 2. The summed E-state index contributed by atoms with van der Waals surface area (Å²) in [4.78, 5) is 24.5. The largest absolute Gasteiger partial charge is 0.451 e. The second-order valence-electron chi connectivity index (χ2n) is 7.47. The lowest BCUT2D eigenvalue weighted by atomic mass is 9.90. The van der Waals surface area contributed by atoms with Crippen LogP contribution < -0.4 is 0 Å². The summed E-state index contributed by atoms with van der Waals surface area (Å²) in [5.74, 6) is -1.27. The number of fused-ring (bicyclic) bond motifs is 3. The average molecular weight is 312 g/mol. The third-order valence-electron chi connectivity index (χ3n) is 4.95. The molecule has 0 radical (unpaired) electrons. The second-order valence-corrected chi connectivity index (χ2v) is 7.47. The van der Waals surface area contributed by atoms with Gasteiger partial charge < -0.3 is 18.9 Å². The van der Waals surface area contributed by atoms with Crippen molar-refractivity contribution in [1.29, 1.82) is 0 Å². The van der Waals surface area contributed by atoms with Gasteiger partial charge in [0.25, 0.3) is 0 Å². The number of hydrogen-bond acceptors (Lipinski definition) is 6. The molecule has 0 bridgehead atoms. The van der Waals surface area contributed by atoms with Gasteiger partial charge in [0.05, 0.1) is 5.41 Å². The monoisotopic (exact) mass is 312 g/mol. The van der Waals surface area contributed by atoms with E-state index in [0.29, 0.717) is 12.8 Å². The number of hydrogen-bond donors (Lipinski definition) is 0. The quantitative estimate of drug-likeness (QED) is 0.740. The molecule has 6 heteroatoms. The number of rotatable bonds is 3. The predicted octanol–water partition coefficient (Wildman–Crippen LogP) is 1.80. The maximum Gasteiger partial charge on any atom is 0.312 e. The van der Waals surface area contributed by atoms with Gasteiger partial charge in [0.2, 0.25) is 0 Å². The van der Waals surface area contributed by atoms with Crippen molar-refractivity contribution >= 4 is 11.8 Å². The van der Waals surface area contributed by atoms with Crippen molar-refractivity contribution in [2.45, 2.75) is 77.8 Å². The maximum atomic E-state index is 12.2. The number of ketones is 1. The van der Waals surface area contributed by atoms with Crippen molar-refractivity contribution in [2.24, 2.45) is 11.3 Å². The molecule has 5 atom stereocenters. The molecule has 2 saturated heterocycles. The van der Waals surface area contributed by atoms with Crippen LogP contribution >= 0.6 is 0 Å². The lowest BCUT2D eigenvalue weighted by Crippen LogP contribution is -2.39. The van der Waals surface area contributed by atoms with Crippen LogP contribution in [0.4, 0.5) is 0 Å². The summed E-state index contributed by atoms with van der Waals surface area (Å²) in [5, 5.41) is 0. The molecule has 5 unspecified atom stereocenters. The van der Waals surface area contributed by atoms with Gasteiger partial charge in [0, 0.05) is 12.3 Å². The highest BCUT2D eigenvalue weighted by Gasteiger charge is 2.62. The molecule has 0 aromatic rings. The fraction of sp³-hybridized carbons (Fsp3) is 0.875. The molecule has 22 heavy (non-hydrogen) atoms. The van der Waals surface area contributed by atoms with Gasteiger partial charge in [-0.05, 0) is 34.1 Å². The van der Waals surface area contributed by atoms with E-state index in [1.54, 1.807) is 0 Å². The molecule has 1 saturated carbocycles. The number of Topliss-reactive ketones (excluding diaryl/α,β-unsaturated/α-hetero) is 1. The van der Waals surface area contributed by atoms with E-state index >= 15 is 0 Å². The van der Waals surface area contributed by atoms with Gasteiger partial charge >= 0.3 is 5.97 Å². The molecular weight excluding hydrogens is 288 g/mol. The van der Waals surface area contributed by atoms with Gasteiger partial charge in [-0.15, -0.1) is 0 Å². The molecule has 2 heterocycles. The van der Waals surface area contributed by atoms with E-state index in [4.69, 9.17) is 18.9 Å². The first kappa shape index (κ1) is 15.9. The Kier molecular flexibility index (Phi) is 3.62. The second kappa shape index (κ2) is 5.01. The zero-order valence-electron chi connectivity index (χ0n) is 13.8. The van der Waals surface area contributed by atoms with Gasteiger partial charge in [0.15, 0.2) is 24.0 Å². The van der Waals surface area contributed by atoms with Crippen LogP contribution in [0.15, 0.2) is 0 Å². The highest BCUT2D eigenvalue weighted by Crippen LogP contribution is 2.47. The van der Waals surface area contributed by atoms with Crippen molar-refractivity contribution < 1.29 is 28.5 Å². The van der Waals surface area contributed by atoms with E-state index < -0.39 is 29.7 Å². The van der Waals surface area contributed by atoms with Gasteiger partial charge in [-0.3, -0.25) is 9.59 Å². The first-order valence-electron chi connectivity index (χ1n) is 7.89.